The molecule has 0 spiro atoms. The molecule has 0 bridgehead atoms. The van der Waals surface area contributed by atoms with E-state index in [1.807, 2.05) is 0 Å². The summed E-state index contributed by atoms with van der Waals surface area (Å²) in [5, 5.41) is 15.2. The zero-order chi connectivity index (χ0) is 14.9. The number of nitrogens with zero attached hydrogens (tertiary/aromatic N) is 3. The summed E-state index contributed by atoms with van der Waals surface area (Å²) < 4.78 is 1.31. The molecule has 0 saturated carbocycles. The molecule has 6 nitrogen and oxygen atoms in total. The van der Waals surface area contributed by atoms with Crippen molar-refractivity contribution in [2.24, 2.45) is 0 Å². The Kier molecular flexibility index (Phi) is 3.85. The first kappa shape index (κ1) is 14.2. The highest BCUT2D eigenvalue weighted by Gasteiger charge is 2.25. The van der Waals surface area contributed by atoms with Gasteiger partial charge in [0.25, 0.3) is 0 Å². The van der Waals surface area contributed by atoms with E-state index in [2.05, 4.69) is 5.10 Å². The minimum absolute atomic E-state index is 0.181. The SMILES string of the molecule is Cc1cn(C(C)C(=O)c2ccc(Cl)cc2)nc1[N+](=O)[O-]. The van der Waals surface area contributed by atoms with Crippen molar-refractivity contribution < 1.29 is 9.72 Å². The number of nitro groups is 1. The molecule has 1 aromatic carbocycles. The van der Waals surface area contributed by atoms with Gasteiger partial charge in [0.15, 0.2) is 5.78 Å². The summed E-state index contributed by atoms with van der Waals surface area (Å²) >= 11 is 5.77. The van der Waals surface area contributed by atoms with Gasteiger partial charge in [0.05, 0.1) is 16.9 Å². The number of hydrogen-bond acceptors (Lipinski definition) is 4. The van der Waals surface area contributed by atoms with Crippen molar-refractivity contribution in [2.75, 3.05) is 0 Å². The van der Waals surface area contributed by atoms with Gasteiger partial charge in [0.2, 0.25) is 0 Å². The minimum Gasteiger partial charge on any atom is -0.358 e. The molecule has 7 heteroatoms. The number of hydrogen-bond donors (Lipinski definition) is 0. The number of carbonyl (C=O) groups is 1. The van der Waals surface area contributed by atoms with Crippen LogP contribution in [0.4, 0.5) is 5.82 Å². The maximum atomic E-state index is 12.3. The van der Waals surface area contributed by atoms with Crippen LogP contribution in [0.1, 0.15) is 28.9 Å². The van der Waals surface area contributed by atoms with Crippen LogP contribution in [0.25, 0.3) is 0 Å². The molecule has 1 aromatic heterocycles. The molecule has 1 atom stereocenters. The fourth-order valence-corrected chi connectivity index (χ4v) is 1.95. The van der Waals surface area contributed by atoms with Crippen molar-refractivity contribution in [3.63, 3.8) is 0 Å². The average molecular weight is 294 g/mol. The van der Waals surface area contributed by atoms with E-state index in [0.29, 0.717) is 16.1 Å². The summed E-state index contributed by atoms with van der Waals surface area (Å²) in [6.07, 6.45) is 1.50. The topological polar surface area (TPSA) is 78.0 Å². The minimum atomic E-state index is -0.622. The van der Waals surface area contributed by atoms with Gasteiger partial charge in [-0.05, 0) is 43.0 Å². The van der Waals surface area contributed by atoms with Gasteiger partial charge in [-0.1, -0.05) is 11.6 Å². The first-order chi connectivity index (χ1) is 9.40. The molecular weight excluding hydrogens is 282 g/mol. The van der Waals surface area contributed by atoms with Crippen LogP contribution in [0.5, 0.6) is 0 Å². The van der Waals surface area contributed by atoms with E-state index >= 15 is 0 Å². The van der Waals surface area contributed by atoms with Crippen LogP contribution in [-0.2, 0) is 0 Å². The number of aryl methyl sites for hydroxylation is 1. The van der Waals surface area contributed by atoms with Gasteiger partial charge in [-0.3, -0.25) is 4.79 Å². The second kappa shape index (κ2) is 5.42. The molecule has 0 aliphatic rings. The predicted octanol–water partition coefficient (Wildman–Crippen LogP) is 3.20. The second-order valence-electron chi connectivity index (χ2n) is 4.42. The highest BCUT2D eigenvalue weighted by Crippen LogP contribution is 2.20. The first-order valence-electron chi connectivity index (χ1n) is 5.90. The molecule has 0 aliphatic carbocycles. The van der Waals surface area contributed by atoms with Gasteiger partial charge in [0.1, 0.15) is 6.04 Å². The summed E-state index contributed by atoms with van der Waals surface area (Å²) in [7, 11) is 0. The van der Waals surface area contributed by atoms with Crippen molar-refractivity contribution >= 4 is 23.2 Å². The van der Waals surface area contributed by atoms with Crippen LogP contribution in [0.2, 0.25) is 5.02 Å². The third kappa shape index (κ3) is 2.70. The molecule has 1 unspecified atom stereocenters. The zero-order valence-corrected chi connectivity index (χ0v) is 11.7. The molecule has 2 rings (SSSR count). The fourth-order valence-electron chi connectivity index (χ4n) is 1.83. The van der Waals surface area contributed by atoms with E-state index in [1.165, 1.54) is 10.9 Å². The van der Waals surface area contributed by atoms with Gasteiger partial charge in [-0.25, -0.2) is 0 Å². The van der Waals surface area contributed by atoms with Gasteiger partial charge >= 0.3 is 5.82 Å². The molecule has 104 valence electrons. The lowest BCUT2D eigenvalue weighted by Gasteiger charge is -2.07. The van der Waals surface area contributed by atoms with Crippen molar-refractivity contribution in [3.05, 3.63) is 56.7 Å². The van der Waals surface area contributed by atoms with Gasteiger partial charge in [0, 0.05) is 10.6 Å². The second-order valence-corrected chi connectivity index (χ2v) is 4.86. The van der Waals surface area contributed by atoms with Crippen molar-refractivity contribution in [3.8, 4) is 0 Å². The molecule has 0 amide bonds. The highest BCUT2D eigenvalue weighted by molar-refractivity contribution is 6.30. The summed E-state index contributed by atoms with van der Waals surface area (Å²) in [6, 6.07) is 5.86. The van der Waals surface area contributed by atoms with Gasteiger partial charge in [-0.15, -0.1) is 0 Å². The van der Waals surface area contributed by atoms with Crippen LogP contribution in [0, 0.1) is 17.0 Å². The molecule has 0 radical (unpaired) electrons. The average Bonchev–Trinajstić information content (AvgIpc) is 2.80. The molecule has 20 heavy (non-hydrogen) atoms. The van der Waals surface area contributed by atoms with E-state index in [9.17, 15) is 14.9 Å². The Morgan fingerprint density at radius 3 is 2.50 bits per heavy atom. The molecule has 0 fully saturated rings. The van der Waals surface area contributed by atoms with Crippen molar-refractivity contribution in [1.29, 1.82) is 0 Å². The Labute approximate surface area is 120 Å². The number of aromatic nitrogens is 2. The smallest absolute Gasteiger partial charge is 0.358 e. The number of halogens is 1. The normalized spacial score (nSPS) is 12.2. The lowest BCUT2D eigenvalue weighted by Crippen LogP contribution is -2.17. The van der Waals surface area contributed by atoms with Crippen LogP contribution >= 0.6 is 11.6 Å². The summed E-state index contributed by atoms with van der Waals surface area (Å²) in [6.45, 7) is 3.23. The van der Waals surface area contributed by atoms with Gasteiger partial charge in [-0.2, -0.15) is 4.68 Å². The summed E-state index contributed by atoms with van der Waals surface area (Å²) in [5.41, 5.74) is 0.906. The highest BCUT2D eigenvalue weighted by atomic mass is 35.5. The number of carbonyl (C=O) groups excluding carboxylic acids is 1. The Balaban J connectivity index is 2.29. The van der Waals surface area contributed by atoms with Crippen LogP contribution in [0.15, 0.2) is 30.5 Å². The monoisotopic (exact) mass is 293 g/mol. The fraction of sp³-hybridized carbons (Fsp3) is 0.231. The number of rotatable bonds is 4. The van der Waals surface area contributed by atoms with Crippen molar-refractivity contribution in [2.45, 2.75) is 19.9 Å². The maximum absolute atomic E-state index is 12.3. The number of ketones is 1. The molecule has 2 aromatic rings. The predicted molar refractivity (Wildman–Crippen MR) is 74.1 cm³/mol. The maximum Gasteiger partial charge on any atom is 0.392 e. The van der Waals surface area contributed by atoms with Crippen molar-refractivity contribution in [1.82, 2.24) is 9.78 Å². The Bertz CT molecular complexity index is 664. The Morgan fingerprint density at radius 1 is 1.40 bits per heavy atom. The van der Waals surface area contributed by atoms with E-state index in [0.717, 1.165) is 0 Å². The van der Waals surface area contributed by atoms with E-state index in [-0.39, 0.29) is 11.6 Å². The first-order valence-corrected chi connectivity index (χ1v) is 6.28. The quantitative estimate of drug-likeness (QED) is 0.492. The number of Topliss-reactive ketones (excluding diaryl/α,β-unsaturated/α-hetero) is 1. The molecule has 0 aliphatic heterocycles. The third-order valence-electron chi connectivity index (χ3n) is 2.97. The molecule has 0 saturated heterocycles. The van der Waals surface area contributed by atoms with Crippen LogP contribution in [0.3, 0.4) is 0 Å². The largest absolute Gasteiger partial charge is 0.392 e. The summed E-state index contributed by atoms with van der Waals surface area (Å²) in [4.78, 5) is 22.5. The lowest BCUT2D eigenvalue weighted by atomic mass is 10.1. The Hall–Kier alpha value is -2.21. The third-order valence-corrected chi connectivity index (χ3v) is 3.22. The standard InChI is InChI=1S/C13H12ClN3O3/c1-8-7-16(15-13(8)17(19)20)9(2)12(18)10-3-5-11(14)6-4-10/h3-7,9H,1-2H3. The Morgan fingerprint density at radius 2 is 2.00 bits per heavy atom. The summed E-state index contributed by atoms with van der Waals surface area (Å²) in [5.74, 6) is -0.417. The molecule has 1 heterocycles. The van der Waals surface area contributed by atoms with Crippen LogP contribution in [-0.4, -0.2) is 20.5 Å². The molecule has 0 N–H and O–H groups in total. The van der Waals surface area contributed by atoms with E-state index in [1.54, 1.807) is 38.1 Å². The van der Waals surface area contributed by atoms with Crippen LogP contribution < -0.4 is 0 Å². The molecular formula is C13H12ClN3O3. The van der Waals surface area contributed by atoms with E-state index in [4.69, 9.17) is 11.6 Å². The lowest BCUT2D eigenvalue weighted by molar-refractivity contribution is -0.390. The zero-order valence-electron chi connectivity index (χ0n) is 10.9. The van der Waals surface area contributed by atoms with Gasteiger partial charge < -0.3 is 10.1 Å². The number of benzene rings is 1. The van der Waals surface area contributed by atoms with E-state index < -0.39 is 11.0 Å².